The number of aliphatic hydroxyl groups is 1. The van der Waals surface area contributed by atoms with Crippen molar-refractivity contribution in [1.82, 2.24) is 5.32 Å². The van der Waals surface area contributed by atoms with Gasteiger partial charge in [-0.2, -0.15) is 0 Å². The molecule has 0 aliphatic heterocycles. The summed E-state index contributed by atoms with van der Waals surface area (Å²) in [5, 5.41) is 12.0. The zero-order chi connectivity index (χ0) is 11.2. The summed E-state index contributed by atoms with van der Waals surface area (Å²) in [6.45, 7) is 5.59. The van der Waals surface area contributed by atoms with Crippen molar-refractivity contribution in [2.45, 2.75) is 51.7 Å². The van der Waals surface area contributed by atoms with E-state index < -0.39 is 11.6 Å². The molecule has 4 nitrogen and oxygen atoms in total. The van der Waals surface area contributed by atoms with Gasteiger partial charge in [-0.25, -0.2) is 0 Å². The highest BCUT2D eigenvalue weighted by atomic mass is 16.3. The number of unbranched alkanes of at least 4 members (excludes halogenated alkanes) is 1. The van der Waals surface area contributed by atoms with Gasteiger partial charge in [0.2, 0.25) is 5.91 Å². The van der Waals surface area contributed by atoms with Crippen LogP contribution in [0.3, 0.4) is 0 Å². The van der Waals surface area contributed by atoms with Gasteiger partial charge in [0.05, 0.1) is 11.6 Å². The lowest BCUT2D eigenvalue weighted by molar-refractivity contribution is -0.123. The van der Waals surface area contributed by atoms with Gasteiger partial charge in [-0.15, -0.1) is 0 Å². The number of rotatable bonds is 6. The zero-order valence-corrected chi connectivity index (χ0v) is 9.34. The van der Waals surface area contributed by atoms with Crippen LogP contribution in [0.5, 0.6) is 0 Å². The molecule has 0 saturated carbocycles. The molecule has 84 valence electrons. The average molecular weight is 202 g/mol. The Labute approximate surface area is 85.9 Å². The second-order valence-electron chi connectivity index (χ2n) is 4.28. The molecule has 1 amide bonds. The van der Waals surface area contributed by atoms with E-state index in [-0.39, 0.29) is 12.5 Å². The van der Waals surface area contributed by atoms with Crippen LogP contribution in [-0.4, -0.2) is 29.2 Å². The SMILES string of the molecule is CCCCC(N)C(=O)NCC(C)(C)O. The summed E-state index contributed by atoms with van der Waals surface area (Å²) in [7, 11) is 0. The quantitative estimate of drug-likeness (QED) is 0.583. The van der Waals surface area contributed by atoms with Crippen molar-refractivity contribution in [3.05, 3.63) is 0 Å². The van der Waals surface area contributed by atoms with Gasteiger partial charge in [-0.1, -0.05) is 19.8 Å². The third kappa shape index (κ3) is 6.86. The summed E-state index contributed by atoms with van der Waals surface area (Å²) < 4.78 is 0. The molecule has 0 saturated heterocycles. The first-order chi connectivity index (χ1) is 6.37. The van der Waals surface area contributed by atoms with Crippen LogP contribution in [0.1, 0.15) is 40.0 Å². The molecule has 14 heavy (non-hydrogen) atoms. The van der Waals surface area contributed by atoms with Crippen LogP contribution in [0.4, 0.5) is 0 Å². The minimum absolute atomic E-state index is 0.180. The topological polar surface area (TPSA) is 75.4 Å². The first-order valence-electron chi connectivity index (χ1n) is 5.12. The first-order valence-corrected chi connectivity index (χ1v) is 5.12. The molecular weight excluding hydrogens is 180 g/mol. The van der Waals surface area contributed by atoms with E-state index in [9.17, 15) is 9.90 Å². The fourth-order valence-corrected chi connectivity index (χ4v) is 0.990. The van der Waals surface area contributed by atoms with Crippen molar-refractivity contribution in [3.8, 4) is 0 Å². The van der Waals surface area contributed by atoms with Crippen LogP contribution in [0.15, 0.2) is 0 Å². The fourth-order valence-electron chi connectivity index (χ4n) is 0.990. The third-order valence-corrected chi connectivity index (χ3v) is 1.90. The minimum Gasteiger partial charge on any atom is -0.389 e. The molecule has 0 radical (unpaired) electrons. The van der Waals surface area contributed by atoms with Crippen LogP contribution in [0, 0.1) is 0 Å². The Kier molecular flexibility index (Phi) is 5.72. The Morgan fingerprint density at radius 3 is 2.57 bits per heavy atom. The van der Waals surface area contributed by atoms with Gasteiger partial charge in [0.15, 0.2) is 0 Å². The summed E-state index contributed by atoms with van der Waals surface area (Å²) in [4.78, 5) is 11.3. The third-order valence-electron chi connectivity index (χ3n) is 1.90. The Morgan fingerprint density at radius 2 is 2.14 bits per heavy atom. The van der Waals surface area contributed by atoms with Crippen LogP contribution >= 0.6 is 0 Å². The van der Waals surface area contributed by atoms with Gasteiger partial charge in [-0.05, 0) is 20.3 Å². The minimum atomic E-state index is -0.875. The summed E-state index contributed by atoms with van der Waals surface area (Å²) in [5.41, 5.74) is 4.76. The molecule has 4 heteroatoms. The Balaban J connectivity index is 3.73. The maximum atomic E-state index is 11.3. The number of nitrogens with two attached hydrogens (primary N) is 1. The summed E-state index contributed by atoms with van der Waals surface area (Å²) in [6, 6.07) is -0.447. The lowest BCUT2D eigenvalue weighted by Gasteiger charge is -2.19. The van der Waals surface area contributed by atoms with E-state index in [4.69, 9.17) is 5.73 Å². The Bertz CT molecular complexity index is 175. The zero-order valence-electron chi connectivity index (χ0n) is 9.34. The maximum Gasteiger partial charge on any atom is 0.237 e. The average Bonchev–Trinajstić information content (AvgIpc) is 2.09. The normalized spacial score (nSPS) is 13.8. The Hall–Kier alpha value is -0.610. The van der Waals surface area contributed by atoms with Gasteiger partial charge in [0.1, 0.15) is 0 Å². The van der Waals surface area contributed by atoms with Gasteiger partial charge >= 0.3 is 0 Å². The van der Waals surface area contributed by atoms with E-state index >= 15 is 0 Å². The van der Waals surface area contributed by atoms with Crippen molar-refractivity contribution >= 4 is 5.91 Å². The largest absolute Gasteiger partial charge is 0.389 e. The van der Waals surface area contributed by atoms with E-state index in [2.05, 4.69) is 12.2 Å². The second-order valence-corrected chi connectivity index (χ2v) is 4.28. The highest BCUT2D eigenvalue weighted by Crippen LogP contribution is 2.00. The van der Waals surface area contributed by atoms with Crippen molar-refractivity contribution in [2.75, 3.05) is 6.54 Å². The summed E-state index contributed by atoms with van der Waals surface area (Å²) >= 11 is 0. The predicted molar refractivity (Wildman–Crippen MR) is 56.8 cm³/mol. The van der Waals surface area contributed by atoms with E-state index in [1.54, 1.807) is 13.8 Å². The molecule has 1 atom stereocenters. The standard InChI is InChI=1S/C10H22N2O2/c1-4-5-6-8(11)9(13)12-7-10(2,3)14/h8,14H,4-7,11H2,1-3H3,(H,12,13). The predicted octanol–water partition coefficient (Wildman–Crippen LogP) is 0.391. The van der Waals surface area contributed by atoms with Gasteiger partial charge < -0.3 is 16.2 Å². The molecule has 1 unspecified atom stereocenters. The number of carbonyl (C=O) groups is 1. The number of hydrogen-bond donors (Lipinski definition) is 3. The van der Waals surface area contributed by atoms with Crippen molar-refractivity contribution in [2.24, 2.45) is 5.73 Å². The molecule has 0 rings (SSSR count). The molecule has 0 aromatic carbocycles. The lowest BCUT2D eigenvalue weighted by Crippen LogP contribution is -2.45. The van der Waals surface area contributed by atoms with E-state index in [1.165, 1.54) is 0 Å². The van der Waals surface area contributed by atoms with Crippen molar-refractivity contribution in [1.29, 1.82) is 0 Å². The molecule has 0 aliphatic carbocycles. The molecule has 0 spiro atoms. The molecule has 0 aromatic heterocycles. The number of amides is 1. The summed E-state index contributed by atoms with van der Waals surface area (Å²) in [6.07, 6.45) is 2.69. The molecule has 4 N–H and O–H groups in total. The van der Waals surface area contributed by atoms with E-state index in [1.807, 2.05) is 0 Å². The van der Waals surface area contributed by atoms with Crippen LogP contribution < -0.4 is 11.1 Å². The molecule has 0 aromatic rings. The van der Waals surface area contributed by atoms with Gasteiger partial charge in [0.25, 0.3) is 0 Å². The number of hydrogen-bond acceptors (Lipinski definition) is 3. The molecule has 0 bridgehead atoms. The van der Waals surface area contributed by atoms with Gasteiger partial charge in [-0.3, -0.25) is 4.79 Å². The lowest BCUT2D eigenvalue weighted by atomic mass is 10.1. The second kappa shape index (κ2) is 5.98. The van der Waals surface area contributed by atoms with Crippen molar-refractivity contribution in [3.63, 3.8) is 0 Å². The summed E-state index contributed by atoms with van der Waals surface area (Å²) in [5.74, 6) is -0.180. The first kappa shape index (κ1) is 13.4. The van der Waals surface area contributed by atoms with Crippen LogP contribution in [-0.2, 0) is 4.79 Å². The molecule has 0 aliphatic rings. The van der Waals surface area contributed by atoms with E-state index in [0.717, 1.165) is 12.8 Å². The molecule has 0 fully saturated rings. The van der Waals surface area contributed by atoms with Gasteiger partial charge in [0, 0.05) is 6.54 Å². The fraction of sp³-hybridized carbons (Fsp3) is 0.900. The van der Waals surface area contributed by atoms with Crippen LogP contribution in [0.25, 0.3) is 0 Å². The Morgan fingerprint density at radius 1 is 1.57 bits per heavy atom. The maximum absolute atomic E-state index is 11.3. The van der Waals surface area contributed by atoms with Crippen molar-refractivity contribution < 1.29 is 9.90 Å². The number of nitrogens with one attached hydrogen (secondary N) is 1. The van der Waals surface area contributed by atoms with E-state index in [0.29, 0.717) is 6.42 Å². The monoisotopic (exact) mass is 202 g/mol. The highest BCUT2D eigenvalue weighted by Gasteiger charge is 2.17. The number of carbonyl (C=O) groups excluding carboxylic acids is 1. The van der Waals surface area contributed by atoms with Crippen LogP contribution in [0.2, 0.25) is 0 Å². The molecule has 0 heterocycles. The highest BCUT2D eigenvalue weighted by molar-refractivity contribution is 5.81. The molecular formula is C10H22N2O2. The smallest absolute Gasteiger partial charge is 0.237 e.